The molecule has 0 saturated heterocycles. The number of benzene rings is 2. The molecule has 3 N–H and O–H groups in total. The lowest BCUT2D eigenvalue weighted by Gasteiger charge is -2.12. The molecule has 188 valence electrons. The van der Waals surface area contributed by atoms with Crippen LogP contribution < -0.4 is 10.1 Å². The summed E-state index contributed by atoms with van der Waals surface area (Å²) in [5.41, 5.74) is 0.637. The molecule has 0 heterocycles. The molecular weight excluding hydrogens is 514 g/mol. The third kappa shape index (κ3) is 7.44. The van der Waals surface area contributed by atoms with E-state index in [1.807, 2.05) is 0 Å². The van der Waals surface area contributed by atoms with Crippen molar-refractivity contribution in [2.45, 2.75) is 23.6 Å². The first-order valence-corrected chi connectivity index (χ1v) is 13.9. The van der Waals surface area contributed by atoms with Crippen LogP contribution in [0.15, 0.2) is 50.4 Å². The third-order valence-electron chi connectivity index (χ3n) is 4.28. The van der Waals surface area contributed by atoms with E-state index in [0.717, 1.165) is 6.07 Å². The number of sulfone groups is 1. The van der Waals surface area contributed by atoms with Crippen molar-refractivity contribution in [3.63, 3.8) is 0 Å². The van der Waals surface area contributed by atoms with Crippen LogP contribution in [0.25, 0.3) is 0 Å². The Morgan fingerprint density at radius 1 is 0.971 bits per heavy atom. The van der Waals surface area contributed by atoms with Crippen LogP contribution in [0.3, 0.4) is 0 Å². The zero-order chi connectivity index (χ0) is 25.7. The smallest absolute Gasteiger partial charge is 0.397 e. The van der Waals surface area contributed by atoms with Crippen LogP contribution in [0.1, 0.15) is 12.5 Å². The van der Waals surface area contributed by atoms with E-state index in [1.54, 1.807) is 6.92 Å². The largest absolute Gasteiger partial charge is 0.494 e. The van der Waals surface area contributed by atoms with Gasteiger partial charge in [0, 0.05) is 12.6 Å². The quantitative estimate of drug-likeness (QED) is 0.281. The van der Waals surface area contributed by atoms with Crippen molar-refractivity contribution in [1.82, 2.24) is 0 Å². The van der Waals surface area contributed by atoms with Gasteiger partial charge in [-0.3, -0.25) is 9.11 Å². The maximum absolute atomic E-state index is 12.6. The molecular formula is C18H23N3O10S3. The molecule has 2 rings (SSSR count). The molecule has 13 nitrogen and oxygen atoms in total. The van der Waals surface area contributed by atoms with Gasteiger partial charge in [0.15, 0.2) is 9.84 Å². The van der Waals surface area contributed by atoms with Gasteiger partial charge in [-0.05, 0) is 43.7 Å². The molecule has 0 bridgehead atoms. The van der Waals surface area contributed by atoms with Gasteiger partial charge in [0.25, 0.3) is 10.1 Å². The Morgan fingerprint density at radius 3 is 2.21 bits per heavy atom. The van der Waals surface area contributed by atoms with Gasteiger partial charge in [0.05, 0.1) is 35.7 Å². The van der Waals surface area contributed by atoms with Crippen LogP contribution in [0.2, 0.25) is 0 Å². The molecule has 0 aliphatic rings. The number of azo groups is 1. The van der Waals surface area contributed by atoms with Crippen molar-refractivity contribution in [3.05, 3.63) is 35.9 Å². The number of hydrogen-bond donors (Lipinski definition) is 3. The highest BCUT2D eigenvalue weighted by Gasteiger charge is 2.22. The molecule has 0 amide bonds. The number of methoxy groups -OCH3 is 1. The Labute approximate surface area is 197 Å². The van der Waals surface area contributed by atoms with E-state index >= 15 is 0 Å². The number of hydrogen-bond acceptors (Lipinski definition) is 11. The number of nitrogens with one attached hydrogen (secondary N) is 1. The maximum atomic E-state index is 12.6. The summed E-state index contributed by atoms with van der Waals surface area (Å²) in [7, 11) is -12.1. The summed E-state index contributed by atoms with van der Waals surface area (Å²) >= 11 is 0. The molecule has 0 spiro atoms. The van der Waals surface area contributed by atoms with Gasteiger partial charge in [0.1, 0.15) is 16.3 Å². The normalized spacial score (nSPS) is 12.7. The van der Waals surface area contributed by atoms with E-state index in [-0.39, 0.29) is 38.2 Å². The molecule has 0 radical (unpaired) electrons. The summed E-state index contributed by atoms with van der Waals surface area (Å²) in [6.07, 6.45) is 0. The van der Waals surface area contributed by atoms with Crippen LogP contribution in [0.5, 0.6) is 5.75 Å². The van der Waals surface area contributed by atoms with Gasteiger partial charge < -0.3 is 10.1 Å². The Morgan fingerprint density at radius 2 is 1.65 bits per heavy atom. The summed E-state index contributed by atoms with van der Waals surface area (Å²) in [5, 5.41) is 10.8. The summed E-state index contributed by atoms with van der Waals surface area (Å²) in [6.45, 7) is 2.85. The number of anilines is 1. The summed E-state index contributed by atoms with van der Waals surface area (Å²) in [4.78, 5) is -0.562. The fraction of sp³-hybridized carbons (Fsp3) is 0.333. The van der Waals surface area contributed by atoms with Crippen LogP contribution in [-0.2, 0) is 34.5 Å². The topological polar surface area (TPSA) is 198 Å². The minimum Gasteiger partial charge on any atom is -0.494 e. The van der Waals surface area contributed by atoms with E-state index in [0.29, 0.717) is 6.54 Å². The van der Waals surface area contributed by atoms with Crippen LogP contribution in [0.4, 0.5) is 17.1 Å². The van der Waals surface area contributed by atoms with Crippen molar-refractivity contribution in [1.29, 1.82) is 0 Å². The first-order valence-electron chi connectivity index (χ1n) is 9.48. The maximum Gasteiger partial charge on any atom is 0.397 e. The molecule has 2 aromatic rings. The molecule has 2 aromatic carbocycles. The van der Waals surface area contributed by atoms with Gasteiger partial charge in [0.2, 0.25) is 0 Å². The van der Waals surface area contributed by atoms with Gasteiger partial charge >= 0.3 is 10.4 Å². The molecule has 0 aliphatic heterocycles. The standard InChI is InChI=1S/C18H23N3O10S3/c1-4-19-14-6-5-13(10-18(14)33(24,25)26)20-21-15-9-12(2)17(11-16(15)30-3)32(22,23)8-7-31-34(27,28)29/h5-6,9-11,19H,4,7-8H2,1-3H3,(H,24,25,26)(H,27,28,29)/b21-20+. The lowest BCUT2D eigenvalue weighted by Crippen LogP contribution is -2.16. The van der Waals surface area contributed by atoms with E-state index in [4.69, 9.17) is 9.29 Å². The second-order valence-electron chi connectivity index (χ2n) is 6.74. The highest BCUT2D eigenvalue weighted by atomic mass is 32.3. The third-order valence-corrected chi connectivity index (χ3v) is 7.45. The lowest BCUT2D eigenvalue weighted by molar-refractivity contribution is 0.284. The Balaban J connectivity index is 2.40. The van der Waals surface area contributed by atoms with Gasteiger partial charge in [-0.2, -0.15) is 21.9 Å². The summed E-state index contributed by atoms with van der Waals surface area (Å²) < 4.78 is 97.0. The van der Waals surface area contributed by atoms with E-state index in [2.05, 4.69) is 19.7 Å². The highest BCUT2D eigenvalue weighted by molar-refractivity contribution is 7.91. The highest BCUT2D eigenvalue weighted by Crippen LogP contribution is 2.35. The molecule has 0 unspecified atom stereocenters. The predicted molar refractivity (Wildman–Crippen MR) is 122 cm³/mol. The summed E-state index contributed by atoms with van der Waals surface area (Å²) in [6, 6.07) is 6.52. The number of nitrogens with zero attached hydrogens (tertiary/aromatic N) is 2. The average Bonchev–Trinajstić information content (AvgIpc) is 2.71. The van der Waals surface area contributed by atoms with Crippen molar-refractivity contribution < 1.29 is 43.3 Å². The number of ether oxygens (including phenoxy) is 1. The zero-order valence-electron chi connectivity index (χ0n) is 18.3. The Hall–Kier alpha value is -2.63. The number of aryl methyl sites for hydroxylation is 1. The van der Waals surface area contributed by atoms with Crippen molar-refractivity contribution >= 4 is 47.4 Å². The monoisotopic (exact) mass is 537 g/mol. The summed E-state index contributed by atoms with van der Waals surface area (Å²) in [5.74, 6) is -0.711. The van der Waals surface area contributed by atoms with Gasteiger partial charge in [-0.15, -0.1) is 5.11 Å². The number of rotatable bonds is 11. The van der Waals surface area contributed by atoms with Gasteiger partial charge in [-0.25, -0.2) is 12.6 Å². The average molecular weight is 538 g/mol. The van der Waals surface area contributed by atoms with E-state index in [9.17, 15) is 29.8 Å². The fourth-order valence-corrected chi connectivity index (χ4v) is 5.27. The molecule has 0 saturated carbocycles. The van der Waals surface area contributed by atoms with Gasteiger partial charge in [-0.1, -0.05) is 0 Å². The first kappa shape index (κ1) is 27.6. The lowest BCUT2D eigenvalue weighted by atomic mass is 10.2. The molecule has 0 aromatic heterocycles. The fourth-order valence-electron chi connectivity index (χ4n) is 2.82. The molecule has 0 atom stereocenters. The predicted octanol–water partition coefficient (Wildman–Crippen LogP) is 2.69. The second kappa shape index (κ2) is 10.7. The Bertz CT molecular complexity index is 1400. The minimum absolute atomic E-state index is 0.0166. The second-order valence-corrected chi connectivity index (χ2v) is 11.3. The minimum atomic E-state index is -4.78. The van der Waals surface area contributed by atoms with Crippen molar-refractivity contribution in [2.75, 3.05) is 31.3 Å². The van der Waals surface area contributed by atoms with Crippen LogP contribution in [-0.4, -0.2) is 60.4 Å². The SMILES string of the molecule is CCNc1ccc(/N=N/c2cc(C)c(S(=O)(=O)CCOS(=O)(=O)O)cc2OC)cc1S(=O)(=O)O. The molecule has 0 aliphatic carbocycles. The first-order chi connectivity index (χ1) is 15.7. The molecule has 34 heavy (non-hydrogen) atoms. The molecule has 0 fully saturated rings. The van der Waals surface area contributed by atoms with Crippen molar-refractivity contribution in [2.24, 2.45) is 10.2 Å². The van der Waals surface area contributed by atoms with E-state index in [1.165, 1.54) is 38.3 Å². The molecule has 16 heteroatoms. The Kier molecular flexibility index (Phi) is 8.73. The zero-order valence-corrected chi connectivity index (χ0v) is 20.7. The van der Waals surface area contributed by atoms with Crippen LogP contribution in [0, 0.1) is 6.92 Å². The van der Waals surface area contributed by atoms with E-state index < -0.39 is 42.7 Å². The van der Waals surface area contributed by atoms with Crippen LogP contribution >= 0.6 is 0 Å². The van der Waals surface area contributed by atoms with Crippen molar-refractivity contribution in [3.8, 4) is 5.75 Å².